The molecule has 0 fully saturated rings. The van der Waals surface area contributed by atoms with E-state index < -0.39 is 0 Å². The molecule has 0 radical (unpaired) electrons. The van der Waals surface area contributed by atoms with E-state index in [-0.39, 0.29) is 17.3 Å². The van der Waals surface area contributed by atoms with Crippen molar-refractivity contribution in [3.8, 4) is 12.3 Å². The first-order valence-corrected chi connectivity index (χ1v) is 5.69. The molecule has 2 heteroatoms. The van der Waals surface area contributed by atoms with Crippen LogP contribution in [0, 0.1) is 18.2 Å². The lowest BCUT2D eigenvalue weighted by atomic mass is 9.91. The summed E-state index contributed by atoms with van der Waals surface area (Å²) < 4.78 is 13.8. The van der Waals surface area contributed by atoms with Gasteiger partial charge in [-0.2, -0.15) is 0 Å². The maximum absolute atomic E-state index is 13.8. The molecule has 0 aliphatic rings. The van der Waals surface area contributed by atoms with E-state index in [2.05, 4.69) is 12.5 Å². The Morgan fingerprint density at radius 3 is 2.78 bits per heavy atom. The first-order valence-electron chi connectivity index (χ1n) is 5.69. The molecule has 0 saturated carbocycles. The van der Waals surface area contributed by atoms with Crippen molar-refractivity contribution in [2.45, 2.75) is 12.8 Å². The van der Waals surface area contributed by atoms with Gasteiger partial charge in [0.1, 0.15) is 5.82 Å². The van der Waals surface area contributed by atoms with Crippen molar-refractivity contribution in [1.29, 1.82) is 0 Å². The van der Waals surface area contributed by atoms with Gasteiger partial charge in [0, 0.05) is 11.1 Å². The Kier molecular flexibility index (Phi) is 3.08. The zero-order chi connectivity index (χ0) is 13.3. The number of nitrogens with two attached hydrogens (primary N) is 1. The highest BCUT2D eigenvalue weighted by Crippen LogP contribution is 2.32. The molecule has 0 bridgehead atoms. The van der Waals surface area contributed by atoms with Crippen LogP contribution in [0.15, 0.2) is 36.9 Å². The van der Waals surface area contributed by atoms with Crippen LogP contribution >= 0.6 is 0 Å². The highest BCUT2D eigenvalue weighted by atomic mass is 19.1. The predicted molar refractivity (Wildman–Crippen MR) is 74.9 cm³/mol. The Bertz CT molecular complexity index is 665. The largest absolute Gasteiger partial charge is 0.399 e. The zero-order valence-electron chi connectivity index (χ0n) is 10.2. The molecule has 0 aliphatic carbocycles. The van der Waals surface area contributed by atoms with E-state index in [4.69, 9.17) is 12.2 Å². The molecule has 0 saturated heterocycles. The molecule has 18 heavy (non-hydrogen) atoms. The molecular formula is C16H14FN. The minimum atomic E-state index is -0.382. The van der Waals surface area contributed by atoms with Crippen LogP contribution in [0.2, 0.25) is 0 Å². The fourth-order valence-electron chi connectivity index (χ4n) is 2.12. The number of terminal acetylenes is 1. The zero-order valence-corrected chi connectivity index (χ0v) is 10.2. The first kappa shape index (κ1) is 12.2. The van der Waals surface area contributed by atoms with E-state index in [9.17, 15) is 4.39 Å². The van der Waals surface area contributed by atoms with Gasteiger partial charge in [-0.05, 0) is 35.1 Å². The van der Waals surface area contributed by atoms with Crippen molar-refractivity contribution >= 4 is 16.5 Å². The van der Waals surface area contributed by atoms with Gasteiger partial charge in [0.05, 0.1) is 5.56 Å². The fourth-order valence-corrected chi connectivity index (χ4v) is 2.12. The Labute approximate surface area is 106 Å². The summed E-state index contributed by atoms with van der Waals surface area (Å²) in [6.07, 6.45) is 7.21. The highest BCUT2D eigenvalue weighted by molar-refractivity contribution is 5.94. The fraction of sp³-hybridized carbons (Fsp3) is 0.125. The average Bonchev–Trinajstić information content (AvgIpc) is 2.37. The standard InChI is InChI=1S/C16H14FN/c1-4-10(3)14-9-12(18)8-11-6-7-15(17)13(5-2)16(11)14/h2,4,6-10H,1,18H2,3H3/t10-/m0/s1. The van der Waals surface area contributed by atoms with Crippen LogP contribution in [0.1, 0.15) is 24.0 Å². The Morgan fingerprint density at radius 2 is 2.17 bits per heavy atom. The van der Waals surface area contributed by atoms with Crippen LogP contribution in [0.4, 0.5) is 10.1 Å². The number of rotatable bonds is 2. The molecule has 2 N–H and O–H groups in total. The Morgan fingerprint density at radius 1 is 1.44 bits per heavy atom. The monoisotopic (exact) mass is 239 g/mol. The number of fused-ring (bicyclic) bond motifs is 1. The van der Waals surface area contributed by atoms with E-state index in [0.717, 1.165) is 16.3 Å². The molecule has 0 aromatic heterocycles. The number of hydrogen-bond donors (Lipinski definition) is 1. The van der Waals surface area contributed by atoms with Gasteiger partial charge in [0.15, 0.2) is 0 Å². The molecule has 0 heterocycles. The minimum Gasteiger partial charge on any atom is -0.399 e. The third-order valence-electron chi connectivity index (χ3n) is 3.11. The number of allylic oxidation sites excluding steroid dienone is 1. The van der Waals surface area contributed by atoms with Crippen LogP contribution in [-0.4, -0.2) is 0 Å². The summed E-state index contributed by atoms with van der Waals surface area (Å²) >= 11 is 0. The third-order valence-corrected chi connectivity index (χ3v) is 3.11. The maximum atomic E-state index is 13.8. The quantitative estimate of drug-likeness (QED) is 0.481. The summed E-state index contributed by atoms with van der Waals surface area (Å²) in [4.78, 5) is 0. The van der Waals surface area contributed by atoms with Gasteiger partial charge in [-0.3, -0.25) is 0 Å². The molecule has 0 spiro atoms. The number of halogens is 1. The Balaban J connectivity index is 2.96. The number of nitrogen functional groups attached to an aromatic ring is 1. The molecule has 1 atom stereocenters. The normalized spacial score (nSPS) is 12.1. The SMILES string of the molecule is C#Cc1c(F)ccc2cc(N)cc([C@@H](C)C=C)c12. The smallest absolute Gasteiger partial charge is 0.139 e. The molecule has 2 aromatic carbocycles. The second-order valence-corrected chi connectivity index (χ2v) is 4.30. The van der Waals surface area contributed by atoms with Gasteiger partial charge in [-0.1, -0.05) is 25.0 Å². The summed E-state index contributed by atoms with van der Waals surface area (Å²) in [6.45, 7) is 5.74. The van der Waals surface area contributed by atoms with Crippen molar-refractivity contribution in [3.63, 3.8) is 0 Å². The van der Waals surface area contributed by atoms with E-state index in [1.807, 2.05) is 13.0 Å². The third kappa shape index (κ3) is 1.84. The lowest BCUT2D eigenvalue weighted by Crippen LogP contribution is -1.98. The number of anilines is 1. The van der Waals surface area contributed by atoms with Crippen molar-refractivity contribution in [3.05, 3.63) is 53.9 Å². The maximum Gasteiger partial charge on any atom is 0.139 e. The van der Waals surface area contributed by atoms with Crippen molar-refractivity contribution in [1.82, 2.24) is 0 Å². The van der Waals surface area contributed by atoms with Gasteiger partial charge < -0.3 is 5.73 Å². The molecule has 2 rings (SSSR count). The summed E-state index contributed by atoms with van der Waals surface area (Å²) in [5.41, 5.74) is 7.70. The summed E-state index contributed by atoms with van der Waals surface area (Å²) in [5, 5.41) is 1.60. The van der Waals surface area contributed by atoms with Gasteiger partial charge in [-0.25, -0.2) is 4.39 Å². The van der Waals surface area contributed by atoms with Crippen LogP contribution < -0.4 is 5.73 Å². The lowest BCUT2D eigenvalue weighted by molar-refractivity contribution is 0.626. The second kappa shape index (κ2) is 4.54. The predicted octanol–water partition coefficient (Wildman–Crippen LogP) is 3.83. The minimum absolute atomic E-state index is 0.0601. The second-order valence-electron chi connectivity index (χ2n) is 4.30. The molecule has 1 nitrogen and oxygen atoms in total. The molecule has 0 aliphatic heterocycles. The highest BCUT2D eigenvalue weighted by Gasteiger charge is 2.13. The number of benzene rings is 2. The molecule has 0 unspecified atom stereocenters. The van der Waals surface area contributed by atoms with E-state index in [1.54, 1.807) is 18.2 Å². The summed E-state index contributed by atoms with van der Waals surface area (Å²) in [5.74, 6) is 2.10. The van der Waals surface area contributed by atoms with Crippen molar-refractivity contribution in [2.75, 3.05) is 5.73 Å². The Hall–Kier alpha value is -2.27. The number of hydrogen-bond acceptors (Lipinski definition) is 1. The molecular weight excluding hydrogens is 225 g/mol. The van der Waals surface area contributed by atoms with E-state index >= 15 is 0 Å². The molecule has 0 amide bonds. The lowest BCUT2D eigenvalue weighted by Gasteiger charge is -2.14. The van der Waals surface area contributed by atoms with E-state index in [1.165, 1.54) is 6.07 Å². The van der Waals surface area contributed by atoms with E-state index in [0.29, 0.717) is 5.69 Å². The van der Waals surface area contributed by atoms with Crippen molar-refractivity contribution in [2.24, 2.45) is 0 Å². The van der Waals surface area contributed by atoms with Crippen LogP contribution in [0.3, 0.4) is 0 Å². The van der Waals surface area contributed by atoms with Gasteiger partial charge in [-0.15, -0.1) is 13.0 Å². The van der Waals surface area contributed by atoms with Crippen LogP contribution in [0.5, 0.6) is 0 Å². The summed E-state index contributed by atoms with van der Waals surface area (Å²) in [6, 6.07) is 6.70. The van der Waals surface area contributed by atoms with Gasteiger partial charge >= 0.3 is 0 Å². The average molecular weight is 239 g/mol. The molecule has 2 aromatic rings. The van der Waals surface area contributed by atoms with Gasteiger partial charge in [0.25, 0.3) is 0 Å². The van der Waals surface area contributed by atoms with Crippen molar-refractivity contribution < 1.29 is 4.39 Å². The van der Waals surface area contributed by atoms with Crippen LogP contribution in [0.25, 0.3) is 10.8 Å². The van der Waals surface area contributed by atoms with Gasteiger partial charge in [0.2, 0.25) is 0 Å². The summed E-state index contributed by atoms with van der Waals surface area (Å²) in [7, 11) is 0. The molecule has 90 valence electrons. The topological polar surface area (TPSA) is 26.0 Å². The van der Waals surface area contributed by atoms with Crippen LogP contribution in [-0.2, 0) is 0 Å². The first-order chi connectivity index (χ1) is 8.58.